The average molecular weight is 556 g/mol. The maximum Gasteiger partial charge on any atom is 0.174 e. The van der Waals surface area contributed by atoms with Gasteiger partial charge in [0, 0.05) is 42.6 Å². The van der Waals surface area contributed by atoms with Gasteiger partial charge in [0.15, 0.2) is 5.11 Å². The first-order valence-corrected chi connectivity index (χ1v) is 14.5. The maximum atomic E-state index is 6.96. The van der Waals surface area contributed by atoms with E-state index >= 15 is 0 Å². The van der Waals surface area contributed by atoms with Gasteiger partial charge in [0.25, 0.3) is 0 Å². The number of nitrogens with zero attached hydrogens (tertiary/aromatic N) is 4. The number of benzene rings is 2. The minimum Gasteiger partial charge on any atom is -0.370 e. The van der Waals surface area contributed by atoms with Crippen LogP contribution in [0.25, 0.3) is 5.69 Å². The molecule has 2 saturated heterocycles. The predicted molar refractivity (Wildman–Crippen MR) is 165 cm³/mol. The molecule has 2 unspecified atom stereocenters. The largest absolute Gasteiger partial charge is 0.370 e. The lowest BCUT2D eigenvalue weighted by Gasteiger charge is -2.33. The van der Waals surface area contributed by atoms with Crippen LogP contribution >= 0.6 is 23.8 Å². The number of thiocarbonyl (C=S) groups is 1. The summed E-state index contributed by atoms with van der Waals surface area (Å²) < 4.78 is 2.26. The Kier molecular flexibility index (Phi) is 7.08. The molecule has 0 spiro atoms. The Balaban J connectivity index is 1.43. The Hall–Kier alpha value is -3.35. The number of halogens is 1. The minimum absolute atomic E-state index is 0.123. The second-order valence-electron chi connectivity index (χ2n) is 10.9. The van der Waals surface area contributed by atoms with Crippen LogP contribution in [-0.4, -0.2) is 27.8 Å². The number of pyridine rings is 1. The standard InChI is InChI=1S/C32H34ClN5S/c1-21-13-17-36(18-14-21)28-12-11-25(20-26(28)33)38-31(30(35-32(38)39)27-7-4-5-15-34-27)29-8-6-16-37(29)24-10-9-22(2)23(3)19-24/h4-12,15-16,19-21,30-31H,13-14,17-18H2,1-3H3,(H,35,39). The van der Waals surface area contributed by atoms with E-state index in [2.05, 4.69) is 101 Å². The first kappa shape index (κ1) is 25.9. The van der Waals surface area contributed by atoms with Gasteiger partial charge in [-0.25, -0.2) is 0 Å². The van der Waals surface area contributed by atoms with Crippen LogP contribution in [-0.2, 0) is 0 Å². The van der Waals surface area contributed by atoms with E-state index in [1.54, 1.807) is 0 Å². The molecular weight excluding hydrogens is 522 g/mol. The van der Waals surface area contributed by atoms with Gasteiger partial charge in [0.2, 0.25) is 0 Å². The Morgan fingerprint density at radius 2 is 1.72 bits per heavy atom. The lowest BCUT2D eigenvalue weighted by atomic mass is 9.98. The third-order valence-corrected chi connectivity index (χ3v) is 8.90. The molecule has 0 bridgehead atoms. The zero-order valence-electron chi connectivity index (χ0n) is 22.6. The molecule has 2 aliphatic heterocycles. The molecule has 0 saturated carbocycles. The van der Waals surface area contributed by atoms with Crippen molar-refractivity contribution < 1.29 is 0 Å². The van der Waals surface area contributed by atoms with Crippen LogP contribution in [0.5, 0.6) is 0 Å². The average Bonchev–Trinajstić information content (AvgIpc) is 3.55. The summed E-state index contributed by atoms with van der Waals surface area (Å²) >= 11 is 12.9. The van der Waals surface area contributed by atoms with Crippen molar-refractivity contribution in [2.45, 2.75) is 45.7 Å². The highest BCUT2D eigenvalue weighted by molar-refractivity contribution is 7.80. The molecule has 39 heavy (non-hydrogen) atoms. The Bertz CT molecular complexity index is 1490. The molecule has 4 aromatic rings. The van der Waals surface area contributed by atoms with E-state index in [4.69, 9.17) is 28.8 Å². The van der Waals surface area contributed by atoms with Crippen LogP contribution in [0, 0.1) is 19.8 Å². The van der Waals surface area contributed by atoms with Crippen molar-refractivity contribution in [1.29, 1.82) is 0 Å². The highest BCUT2D eigenvalue weighted by Crippen LogP contribution is 2.44. The van der Waals surface area contributed by atoms with E-state index in [1.165, 1.54) is 24.0 Å². The number of rotatable bonds is 5. The molecule has 200 valence electrons. The van der Waals surface area contributed by atoms with E-state index in [9.17, 15) is 0 Å². The van der Waals surface area contributed by atoms with Gasteiger partial charge < -0.3 is 19.7 Å². The molecule has 2 atom stereocenters. The summed E-state index contributed by atoms with van der Waals surface area (Å²) in [5.41, 5.74) is 7.83. The van der Waals surface area contributed by atoms with Crippen molar-refractivity contribution in [2.75, 3.05) is 22.9 Å². The van der Waals surface area contributed by atoms with Gasteiger partial charge in [-0.2, -0.15) is 0 Å². The molecule has 7 heteroatoms. The fourth-order valence-corrected chi connectivity index (χ4v) is 6.47. The van der Waals surface area contributed by atoms with Gasteiger partial charge in [0.05, 0.1) is 22.4 Å². The molecule has 2 fully saturated rings. The minimum atomic E-state index is -0.124. The Labute approximate surface area is 241 Å². The van der Waals surface area contributed by atoms with Gasteiger partial charge in [0.1, 0.15) is 6.04 Å². The zero-order valence-corrected chi connectivity index (χ0v) is 24.2. The highest BCUT2D eigenvalue weighted by Gasteiger charge is 2.42. The van der Waals surface area contributed by atoms with Crippen molar-refractivity contribution in [2.24, 2.45) is 5.92 Å². The van der Waals surface area contributed by atoms with Crippen molar-refractivity contribution in [1.82, 2.24) is 14.9 Å². The second kappa shape index (κ2) is 10.7. The quantitative estimate of drug-likeness (QED) is 0.257. The number of aromatic nitrogens is 2. The summed E-state index contributed by atoms with van der Waals surface area (Å²) in [6.07, 6.45) is 6.36. The van der Waals surface area contributed by atoms with Gasteiger partial charge in [-0.1, -0.05) is 30.7 Å². The Morgan fingerprint density at radius 1 is 0.923 bits per heavy atom. The summed E-state index contributed by atoms with van der Waals surface area (Å²) in [6, 6.07) is 23.1. The fourth-order valence-electron chi connectivity index (χ4n) is 5.83. The van der Waals surface area contributed by atoms with Crippen molar-refractivity contribution >= 4 is 40.3 Å². The lowest BCUT2D eigenvalue weighted by molar-refractivity contribution is 0.438. The van der Waals surface area contributed by atoms with Crippen LogP contribution in [0.2, 0.25) is 5.02 Å². The van der Waals surface area contributed by atoms with Crippen LogP contribution in [0.1, 0.15) is 54.4 Å². The topological polar surface area (TPSA) is 36.3 Å². The maximum absolute atomic E-state index is 6.96. The van der Waals surface area contributed by atoms with Crippen LogP contribution in [0.3, 0.4) is 0 Å². The summed E-state index contributed by atoms with van der Waals surface area (Å²) in [6.45, 7) is 8.71. The zero-order chi connectivity index (χ0) is 27.1. The molecule has 0 aliphatic carbocycles. The van der Waals surface area contributed by atoms with E-state index < -0.39 is 0 Å². The predicted octanol–water partition coefficient (Wildman–Crippen LogP) is 7.56. The summed E-state index contributed by atoms with van der Waals surface area (Å²) in [4.78, 5) is 9.33. The number of aryl methyl sites for hydroxylation is 2. The summed E-state index contributed by atoms with van der Waals surface area (Å²) in [7, 11) is 0. The molecule has 2 aliphatic rings. The normalized spacial score (nSPS) is 19.9. The van der Waals surface area contributed by atoms with Crippen molar-refractivity contribution in [3.8, 4) is 5.69 Å². The summed E-state index contributed by atoms with van der Waals surface area (Å²) in [5.74, 6) is 0.769. The molecule has 1 N–H and O–H groups in total. The fraction of sp³-hybridized carbons (Fsp3) is 0.312. The third kappa shape index (κ3) is 4.92. The number of hydrogen-bond acceptors (Lipinski definition) is 3. The third-order valence-electron chi connectivity index (χ3n) is 8.28. The molecule has 0 radical (unpaired) electrons. The molecule has 4 heterocycles. The molecule has 0 amide bonds. The number of nitrogens with one attached hydrogen (secondary N) is 1. The summed E-state index contributed by atoms with van der Waals surface area (Å²) in [5, 5.41) is 5.01. The van der Waals surface area contributed by atoms with Gasteiger partial charge >= 0.3 is 0 Å². The molecule has 2 aromatic heterocycles. The molecule has 5 nitrogen and oxygen atoms in total. The van der Waals surface area contributed by atoms with Crippen LogP contribution in [0.4, 0.5) is 11.4 Å². The van der Waals surface area contributed by atoms with E-state index in [0.29, 0.717) is 5.11 Å². The van der Waals surface area contributed by atoms with E-state index in [1.807, 2.05) is 18.3 Å². The monoisotopic (exact) mass is 555 g/mol. The van der Waals surface area contributed by atoms with Crippen LogP contribution < -0.4 is 15.1 Å². The first-order chi connectivity index (χ1) is 18.9. The smallest absolute Gasteiger partial charge is 0.174 e. The van der Waals surface area contributed by atoms with Crippen molar-refractivity contribution in [3.63, 3.8) is 0 Å². The Morgan fingerprint density at radius 3 is 2.44 bits per heavy atom. The van der Waals surface area contributed by atoms with Crippen LogP contribution in [0.15, 0.2) is 79.1 Å². The number of anilines is 2. The van der Waals surface area contributed by atoms with E-state index in [0.717, 1.165) is 52.5 Å². The van der Waals surface area contributed by atoms with E-state index in [-0.39, 0.29) is 12.1 Å². The molecular formula is C32H34ClN5S. The SMILES string of the molecule is Cc1ccc(-n2cccc2C2C(c3ccccn3)NC(=S)N2c2ccc(N3CCC(C)CC3)c(Cl)c2)cc1C. The van der Waals surface area contributed by atoms with Gasteiger partial charge in [-0.05, 0) is 111 Å². The second-order valence-corrected chi connectivity index (χ2v) is 11.7. The lowest BCUT2D eigenvalue weighted by Crippen LogP contribution is -2.33. The van der Waals surface area contributed by atoms with Crippen molar-refractivity contribution in [3.05, 3.63) is 107 Å². The van der Waals surface area contributed by atoms with Gasteiger partial charge in [-0.15, -0.1) is 0 Å². The number of hydrogen-bond donors (Lipinski definition) is 1. The van der Waals surface area contributed by atoms with Gasteiger partial charge in [-0.3, -0.25) is 4.98 Å². The number of piperidine rings is 1. The molecule has 2 aromatic carbocycles. The first-order valence-electron chi connectivity index (χ1n) is 13.7. The highest BCUT2D eigenvalue weighted by atomic mass is 35.5. The molecule has 6 rings (SSSR count).